The van der Waals surface area contributed by atoms with Crippen molar-refractivity contribution >= 4 is 34.8 Å². The van der Waals surface area contributed by atoms with E-state index in [0.29, 0.717) is 17.1 Å². The van der Waals surface area contributed by atoms with Crippen LogP contribution in [0, 0.1) is 0 Å². The number of rotatable bonds is 6. The smallest absolute Gasteiger partial charge is 0.247 e. The first-order valence-electron chi connectivity index (χ1n) is 10.4. The predicted molar refractivity (Wildman–Crippen MR) is 118 cm³/mol. The van der Waals surface area contributed by atoms with Crippen molar-refractivity contribution in [3.05, 3.63) is 48.5 Å². The van der Waals surface area contributed by atoms with Gasteiger partial charge in [-0.05, 0) is 49.2 Å². The number of para-hydroxylation sites is 2. The van der Waals surface area contributed by atoms with Gasteiger partial charge in [0.1, 0.15) is 11.8 Å². The number of amides is 3. The number of hydrogen-bond donors (Lipinski definition) is 2. The molecule has 0 aliphatic carbocycles. The zero-order chi connectivity index (χ0) is 21.8. The molecule has 0 spiro atoms. The van der Waals surface area contributed by atoms with Gasteiger partial charge >= 0.3 is 0 Å². The molecule has 0 saturated carbocycles. The summed E-state index contributed by atoms with van der Waals surface area (Å²) in [6, 6.07) is 13.5. The molecule has 31 heavy (non-hydrogen) atoms. The highest BCUT2D eigenvalue weighted by atomic mass is 16.5. The average molecular weight is 422 g/mol. The van der Waals surface area contributed by atoms with E-state index in [2.05, 4.69) is 10.6 Å². The molecule has 8 heteroatoms. The number of methoxy groups -OCH3 is 1. The second kappa shape index (κ2) is 9.07. The third-order valence-electron chi connectivity index (χ3n) is 5.67. The Hall–Kier alpha value is -3.55. The number of hydrogen-bond acceptors (Lipinski definition) is 5. The van der Waals surface area contributed by atoms with Gasteiger partial charge in [-0.25, -0.2) is 0 Å². The standard InChI is InChI=1S/C23H26N4O4/c1-31-17-10-8-16(9-11-17)24-21(28)14-20-23(30)25-18-6-2-3-7-19(18)27(20)15-22(29)26-12-4-5-13-26/h2-3,6-11,20H,4-5,12-15H2,1H3,(H,24,28)(H,25,30)/t20-/m1/s1. The van der Waals surface area contributed by atoms with Crippen LogP contribution in [0.1, 0.15) is 19.3 Å². The molecule has 3 amide bonds. The lowest BCUT2D eigenvalue weighted by Gasteiger charge is -2.38. The van der Waals surface area contributed by atoms with E-state index in [4.69, 9.17) is 4.74 Å². The Morgan fingerprint density at radius 2 is 1.81 bits per heavy atom. The summed E-state index contributed by atoms with van der Waals surface area (Å²) in [7, 11) is 1.57. The second-order valence-corrected chi connectivity index (χ2v) is 7.72. The molecule has 2 aromatic rings. The number of carbonyl (C=O) groups excluding carboxylic acids is 3. The van der Waals surface area contributed by atoms with E-state index in [1.165, 1.54) is 0 Å². The lowest BCUT2D eigenvalue weighted by molar-refractivity contribution is -0.129. The van der Waals surface area contributed by atoms with Crippen molar-refractivity contribution in [1.29, 1.82) is 0 Å². The van der Waals surface area contributed by atoms with Gasteiger partial charge in [-0.1, -0.05) is 12.1 Å². The van der Waals surface area contributed by atoms with E-state index in [-0.39, 0.29) is 30.7 Å². The van der Waals surface area contributed by atoms with Gasteiger partial charge in [0.25, 0.3) is 0 Å². The topological polar surface area (TPSA) is 91.0 Å². The van der Waals surface area contributed by atoms with Crippen LogP contribution in [0.2, 0.25) is 0 Å². The van der Waals surface area contributed by atoms with Crippen LogP contribution in [0.5, 0.6) is 5.75 Å². The molecule has 2 heterocycles. The van der Waals surface area contributed by atoms with Crippen LogP contribution >= 0.6 is 0 Å². The highest BCUT2D eigenvalue weighted by molar-refractivity contribution is 6.07. The van der Waals surface area contributed by atoms with Crippen molar-refractivity contribution in [2.75, 3.05) is 42.3 Å². The van der Waals surface area contributed by atoms with E-state index < -0.39 is 6.04 Å². The predicted octanol–water partition coefficient (Wildman–Crippen LogP) is 2.47. The highest BCUT2D eigenvalue weighted by Crippen LogP contribution is 2.33. The third-order valence-corrected chi connectivity index (χ3v) is 5.67. The summed E-state index contributed by atoms with van der Waals surface area (Å²) in [5, 5.41) is 5.68. The van der Waals surface area contributed by atoms with Crippen LogP contribution < -0.4 is 20.3 Å². The number of benzene rings is 2. The first kappa shape index (κ1) is 20.7. The Balaban J connectivity index is 1.52. The van der Waals surface area contributed by atoms with Gasteiger partial charge in [0, 0.05) is 18.8 Å². The molecule has 1 fully saturated rings. The molecule has 0 bridgehead atoms. The molecule has 0 radical (unpaired) electrons. The fourth-order valence-corrected chi connectivity index (χ4v) is 4.03. The molecule has 8 nitrogen and oxygen atoms in total. The molecule has 1 atom stereocenters. The van der Waals surface area contributed by atoms with Crippen LogP contribution in [-0.2, 0) is 14.4 Å². The van der Waals surface area contributed by atoms with Crippen LogP contribution in [0.25, 0.3) is 0 Å². The van der Waals surface area contributed by atoms with E-state index in [0.717, 1.165) is 31.6 Å². The van der Waals surface area contributed by atoms with Crippen LogP contribution in [-0.4, -0.2) is 55.4 Å². The van der Waals surface area contributed by atoms with Gasteiger partial charge in [0.15, 0.2) is 0 Å². The van der Waals surface area contributed by atoms with Crippen molar-refractivity contribution in [2.24, 2.45) is 0 Å². The first-order valence-corrected chi connectivity index (χ1v) is 10.4. The summed E-state index contributed by atoms with van der Waals surface area (Å²) in [4.78, 5) is 42.0. The maximum atomic E-state index is 12.9. The minimum absolute atomic E-state index is 0.0254. The van der Waals surface area contributed by atoms with Crippen LogP contribution in [0.3, 0.4) is 0 Å². The number of nitrogens with one attached hydrogen (secondary N) is 2. The number of carbonyl (C=O) groups is 3. The molecule has 1 saturated heterocycles. The average Bonchev–Trinajstić information content (AvgIpc) is 3.32. The lowest BCUT2D eigenvalue weighted by atomic mass is 10.0. The second-order valence-electron chi connectivity index (χ2n) is 7.72. The van der Waals surface area contributed by atoms with Crippen molar-refractivity contribution in [3.63, 3.8) is 0 Å². The monoisotopic (exact) mass is 422 g/mol. The SMILES string of the molecule is COc1ccc(NC(=O)C[C@@H]2C(=O)Nc3ccccc3N2CC(=O)N2CCCC2)cc1. The fraction of sp³-hybridized carbons (Fsp3) is 0.348. The van der Waals surface area contributed by atoms with Gasteiger partial charge < -0.3 is 25.2 Å². The maximum Gasteiger partial charge on any atom is 0.247 e. The number of nitrogens with zero attached hydrogens (tertiary/aromatic N) is 2. The van der Waals surface area contributed by atoms with Crippen molar-refractivity contribution < 1.29 is 19.1 Å². The number of fused-ring (bicyclic) bond motifs is 1. The Kier molecular flexibility index (Phi) is 6.06. The summed E-state index contributed by atoms with van der Waals surface area (Å²) < 4.78 is 5.13. The number of anilines is 3. The summed E-state index contributed by atoms with van der Waals surface area (Å²) >= 11 is 0. The van der Waals surface area contributed by atoms with Gasteiger partial charge in [-0.2, -0.15) is 0 Å². The lowest BCUT2D eigenvalue weighted by Crippen LogP contribution is -2.53. The number of ether oxygens (including phenoxy) is 1. The molecule has 0 aromatic heterocycles. The van der Waals surface area contributed by atoms with Crippen molar-refractivity contribution in [3.8, 4) is 5.75 Å². The molecular weight excluding hydrogens is 396 g/mol. The quantitative estimate of drug-likeness (QED) is 0.746. The Bertz CT molecular complexity index is 970. The molecule has 2 N–H and O–H groups in total. The first-order chi connectivity index (χ1) is 15.0. The van der Waals surface area contributed by atoms with E-state index >= 15 is 0 Å². The van der Waals surface area contributed by atoms with Crippen LogP contribution in [0.15, 0.2) is 48.5 Å². The Morgan fingerprint density at radius 1 is 1.10 bits per heavy atom. The summed E-state index contributed by atoms with van der Waals surface area (Å²) in [5.41, 5.74) is 2.01. The van der Waals surface area contributed by atoms with Gasteiger partial charge in [-0.15, -0.1) is 0 Å². The summed E-state index contributed by atoms with van der Waals surface area (Å²) in [6.45, 7) is 1.54. The van der Waals surface area contributed by atoms with Crippen molar-refractivity contribution in [1.82, 2.24) is 4.90 Å². The van der Waals surface area contributed by atoms with E-state index in [1.54, 1.807) is 42.3 Å². The summed E-state index contributed by atoms with van der Waals surface area (Å²) in [6.07, 6.45) is 1.92. The molecule has 4 rings (SSSR count). The van der Waals surface area contributed by atoms with Gasteiger partial charge in [0.2, 0.25) is 17.7 Å². The normalized spacial score (nSPS) is 17.7. The van der Waals surface area contributed by atoms with E-state index in [9.17, 15) is 14.4 Å². The molecule has 0 unspecified atom stereocenters. The zero-order valence-electron chi connectivity index (χ0n) is 17.5. The zero-order valence-corrected chi connectivity index (χ0v) is 17.5. The maximum absolute atomic E-state index is 12.9. The molecule has 2 aromatic carbocycles. The van der Waals surface area contributed by atoms with E-state index in [1.807, 2.05) is 23.1 Å². The molecule has 2 aliphatic rings. The van der Waals surface area contributed by atoms with Crippen LogP contribution in [0.4, 0.5) is 17.1 Å². The Labute approximate surface area is 181 Å². The Morgan fingerprint density at radius 3 is 2.52 bits per heavy atom. The molecule has 2 aliphatic heterocycles. The van der Waals surface area contributed by atoms with Gasteiger partial charge in [0.05, 0.1) is 31.5 Å². The van der Waals surface area contributed by atoms with Crippen molar-refractivity contribution in [2.45, 2.75) is 25.3 Å². The third kappa shape index (κ3) is 4.63. The largest absolute Gasteiger partial charge is 0.497 e. The highest BCUT2D eigenvalue weighted by Gasteiger charge is 2.36. The summed E-state index contributed by atoms with van der Waals surface area (Å²) in [5.74, 6) is 0.0663. The molecular formula is C23H26N4O4. The molecule has 162 valence electrons. The number of likely N-dealkylation sites (tertiary alicyclic amines) is 1. The van der Waals surface area contributed by atoms with Gasteiger partial charge in [-0.3, -0.25) is 14.4 Å². The minimum Gasteiger partial charge on any atom is -0.497 e. The minimum atomic E-state index is -0.778. The fourth-order valence-electron chi connectivity index (χ4n) is 4.03.